The van der Waals surface area contributed by atoms with Crippen molar-refractivity contribution in [3.05, 3.63) is 29.8 Å². The molecule has 1 aromatic rings. The third-order valence-electron chi connectivity index (χ3n) is 2.65. The summed E-state index contributed by atoms with van der Waals surface area (Å²) in [7, 11) is -2.88. The maximum Gasteiger partial charge on any atom is 0.147 e. The lowest BCUT2D eigenvalue weighted by Crippen LogP contribution is -2.11. The highest BCUT2D eigenvalue weighted by Crippen LogP contribution is 2.24. The molecule has 0 aliphatic rings. The number of hydrogen-bond acceptors (Lipinski definition) is 3. The van der Waals surface area contributed by atoms with E-state index in [1.807, 2.05) is 24.3 Å². The Hall–Kier alpha value is -1.03. The van der Waals surface area contributed by atoms with Crippen molar-refractivity contribution in [3.63, 3.8) is 0 Å². The van der Waals surface area contributed by atoms with E-state index in [9.17, 15) is 8.42 Å². The molecule has 0 spiro atoms. The molecule has 0 amide bonds. The van der Waals surface area contributed by atoms with Crippen molar-refractivity contribution in [1.29, 1.82) is 0 Å². The summed E-state index contributed by atoms with van der Waals surface area (Å²) in [4.78, 5) is 0. The van der Waals surface area contributed by atoms with Crippen LogP contribution in [0.2, 0.25) is 0 Å². The van der Waals surface area contributed by atoms with Crippen LogP contribution in [0.3, 0.4) is 0 Å². The minimum Gasteiger partial charge on any atom is -0.494 e. The van der Waals surface area contributed by atoms with Crippen molar-refractivity contribution in [2.75, 3.05) is 18.6 Å². The average molecular weight is 270 g/mol. The van der Waals surface area contributed by atoms with Gasteiger partial charge in [-0.3, -0.25) is 0 Å². The topological polar surface area (TPSA) is 43.4 Å². The van der Waals surface area contributed by atoms with E-state index in [1.165, 1.54) is 11.8 Å². The van der Waals surface area contributed by atoms with Gasteiger partial charge in [-0.25, -0.2) is 8.42 Å². The van der Waals surface area contributed by atoms with Gasteiger partial charge in [-0.1, -0.05) is 32.9 Å². The van der Waals surface area contributed by atoms with Gasteiger partial charge in [0, 0.05) is 6.26 Å². The van der Waals surface area contributed by atoms with E-state index in [4.69, 9.17) is 4.74 Å². The standard InChI is InChI=1S/C14H22O3S/c1-14(2,3)12-6-8-13(9-7-12)17-10-5-11-18(4,15)16/h6-9H,5,10-11H2,1-4H3. The summed E-state index contributed by atoms with van der Waals surface area (Å²) in [5.74, 6) is 0.962. The molecule has 0 bridgehead atoms. The molecule has 0 heterocycles. The molecule has 0 saturated carbocycles. The van der Waals surface area contributed by atoms with Gasteiger partial charge in [0.15, 0.2) is 0 Å². The summed E-state index contributed by atoms with van der Waals surface area (Å²) >= 11 is 0. The summed E-state index contributed by atoms with van der Waals surface area (Å²) in [5, 5.41) is 0. The smallest absolute Gasteiger partial charge is 0.147 e. The second kappa shape index (κ2) is 5.74. The molecule has 0 aliphatic carbocycles. The Bertz CT molecular complexity index is 467. The van der Waals surface area contributed by atoms with Crippen LogP contribution < -0.4 is 4.74 Å². The quantitative estimate of drug-likeness (QED) is 0.773. The molecular weight excluding hydrogens is 248 g/mol. The first-order valence-electron chi connectivity index (χ1n) is 6.09. The number of ether oxygens (including phenoxy) is 1. The Kier molecular flexibility index (Phi) is 4.79. The minimum absolute atomic E-state index is 0.134. The number of hydrogen-bond donors (Lipinski definition) is 0. The highest BCUT2D eigenvalue weighted by molar-refractivity contribution is 7.90. The third-order valence-corrected chi connectivity index (χ3v) is 3.68. The highest BCUT2D eigenvalue weighted by atomic mass is 32.2. The van der Waals surface area contributed by atoms with Crippen LogP contribution in [0.25, 0.3) is 0 Å². The first-order chi connectivity index (χ1) is 8.18. The Balaban J connectivity index is 2.45. The first-order valence-corrected chi connectivity index (χ1v) is 8.15. The Morgan fingerprint density at radius 2 is 1.67 bits per heavy atom. The molecule has 0 saturated heterocycles. The zero-order chi connectivity index (χ0) is 13.8. The number of sulfone groups is 1. The van der Waals surface area contributed by atoms with E-state index < -0.39 is 9.84 Å². The number of rotatable bonds is 5. The fourth-order valence-corrected chi connectivity index (χ4v) is 2.20. The van der Waals surface area contributed by atoms with E-state index in [-0.39, 0.29) is 11.2 Å². The van der Waals surface area contributed by atoms with E-state index in [1.54, 1.807) is 0 Å². The lowest BCUT2D eigenvalue weighted by atomic mass is 9.87. The predicted molar refractivity (Wildman–Crippen MR) is 75.0 cm³/mol. The zero-order valence-electron chi connectivity index (χ0n) is 11.6. The van der Waals surface area contributed by atoms with Crippen molar-refractivity contribution < 1.29 is 13.2 Å². The van der Waals surface area contributed by atoms with Gasteiger partial charge >= 0.3 is 0 Å². The maximum absolute atomic E-state index is 10.9. The van der Waals surface area contributed by atoms with Crippen molar-refractivity contribution in [1.82, 2.24) is 0 Å². The van der Waals surface area contributed by atoms with Gasteiger partial charge in [0.05, 0.1) is 12.4 Å². The Morgan fingerprint density at radius 3 is 2.11 bits per heavy atom. The fourth-order valence-electron chi connectivity index (χ4n) is 1.56. The van der Waals surface area contributed by atoms with Crippen LogP contribution in [-0.4, -0.2) is 27.0 Å². The average Bonchev–Trinajstić information content (AvgIpc) is 2.22. The normalized spacial score (nSPS) is 12.4. The monoisotopic (exact) mass is 270 g/mol. The fraction of sp³-hybridized carbons (Fsp3) is 0.571. The van der Waals surface area contributed by atoms with Crippen molar-refractivity contribution in [3.8, 4) is 5.75 Å². The lowest BCUT2D eigenvalue weighted by Gasteiger charge is -2.19. The molecule has 0 unspecified atom stereocenters. The van der Waals surface area contributed by atoms with Crippen LogP contribution in [0, 0.1) is 0 Å². The summed E-state index contributed by atoms with van der Waals surface area (Å²) in [6.07, 6.45) is 1.77. The van der Waals surface area contributed by atoms with E-state index in [0.29, 0.717) is 13.0 Å². The summed E-state index contributed by atoms with van der Waals surface area (Å²) < 4.78 is 27.4. The zero-order valence-corrected chi connectivity index (χ0v) is 12.4. The molecule has 1 rings (SSSR count). The molecule has 0 N–H and O–H groups in total. The molecule has 0 atom stereocenters. The van der Waals surface area contributed by atoms with Crippen molar-refractivity contribution in [2.45, 2.75) is 32.6 Å². The van der Waals surface area contributed by atoms with E-state index >= 15 is 0 Å². The molecule has 102 valence electrons. The van der Waals surface area contributed by atoms with Gasteiger partial charge in [-0.2, -0.15) is 0 Å². The van der Waals surface area contributed by atoms with Crippen LogP contribution in [0.5, 0.6) is 5.75 Å². The van der Waals surface area contributed by atoms with Crippen LogP contribution >= 0.6 is 0 Å². The minimum atomic E-state index is -2.88. The lowest BCUT2D eigenvalue weighted by molar-refractivity contribution is 0.317. The second-order valence-corrected chi connectivity index (χ2v) is 7.87. The van der Waals surface area contributed by atoms with Crippen molar-refractivity contribution >= 4 is 9.84 Å². The van der Waals surface area contributed by atoms with Crippen molar-refractivity contribution in [2.24, 2.45) is 0 Å². The molecule has 1 aromatic carbocycles. The molecule has 3 nitrogen and oxygen atoms in total. The van der Waals surface area contributed by atoms with Crippen LogP contribution in [0.4, 0.5) is 0 Å². The van der Waals surface area contributed by atoms with Gasteiger partial charge in [-0.05, 0) is 29.5 Å². The highest BCUT2D eigenvalue weighted by Gasteiger charge is 2.12. The number of benzene rings is 1. The Labute approximate surface area is 110 Å². The summed E-state index contributed by atoms with van der Waals surface area (Å²) in [6, 6.07) is 7.96. The molecule has 0 radical (unpaired) electrons. The third kappa shape index (κ3) is 5.54. The van der Waals surface area contributed by atoms with Gasteiger partial charge in [-0.15, -0.1) is 0 Å². The van der Waals surface area contributed by atoms with Gasteiger partial charge in [0.2, 0.25) is 0 Å². The molecule has 0 aromatic heterocycles. The SMILES string of the molecule is CC(C)(C)c1ccc(OCCCS(C)(=O)=O)cc1. The van der Waals surface area contributed by atoms with Gasteiger partial charge < -0.3 is 4.74 Å². The summed E-state index contributed by atoms with van der Waals surface area (Å²) in [5.41, 5.74) is 1.39. The molecule has 4 heteroatoms. The first kappa shape index (κ1) is 15.0. The molecule has 18 heavy (non-hydrogen) atoms. The van der Waals surface area contributed by atoms with Crippen LogP contribution in [0.15, 0.2) is 24.3 Å². The predicted octanol–water partition coefficient (Wildman–Crippen LogP) is 2.80. The molecular formula is C14H22O3S. The van der Waals surface area contributed by atoms with E-state index in [2.05, 4.69) is 20.8 Å². The second-order valence-electron chi connectivity index (χ2n) is 5.61. The van der Waals surface area contributed by atoms with Gasteiger partial charge in [0.25, 0.3) is 0 Å². The molecule has 0 fully saturated rings. The molecule has 0 aliphatic heterocycles. The maximum atomic E-state index is 10.9. The van der Waals surface area contributed by atoms with Crippen LogP contribution in [0.1, 0.15) is 32.8 Å². The van der Waals surface area contributed by atoms with E-state index in [0.717, 1.165) is 5.75 Å². The summed E-state index contributed by atoms with van der Waals surface area (Å²) in [6.45, 7) is 6.92. The van der Waals surface area contributed by atoms with Gasteiger partial charge in [0.1, 0.15) is 15.6 Å². The van der Waals surface area contributed by atoms with Crippen LogP contribution in [-0.2, 0) is 15.3 Å². The largest absolute Gasteiger partial charge is 0.494 e. The Morgan fingerprint density at radius 1 is 1.11 bits per heavy atom.